The van der Waals surface area contributed by atoms with Crippen molar-refractivity contribution in [2.45, 2.75) is 0 Å². The van der Waals surface area contributed by atoms with Gasteiger partial charge in [0.1, 0.15) is 12.1 Å². The molecule has 0 aliphatic rings. The molecule has 0 aliphatic carbocycles. The second-order valence-electron chi connectivity index (χ2n) is 4.70. The molecule has 6 nitrogen and oxygen atoms in total. The SMILES string of the molecule is O=[N+]([O-])c1cc(Nc2cc(-c3ccccc3)ncn2)ccc1Br. The van der Waals surface area contributed by atoms with Crippen LogP contribution < -0.4 is 5.32 Å². The Labute approximate surface area is 140 Å². The quantitative estimate of drug-likeness (QED) is 0.537. The lowest BCUT2D eigenvalue weighted by Gasteiger charge is -2.07. The van der Waals surface area contributed by atoms with E-state index in [-0.39, 0.29) is 5.69 Å². The van der Waals surface area contributed by atoms with Crippen LogP contribution in [0.2, 0.25) is 0 Å². The van der Waals surface area contributed by atoms with Crippen LogP contribution in [-0.2, 0) is 0 Å². The maximum Gasteiger partial charge on any atom is 0.285 e. The van der Waals surface area contributed by atoms with Gasteiger partial charge in [-0.3, -0.25) is 10.1 Å². The minimum absolute atomic E-state index is 0.00709. The van der Waals surface area contributed by atoms with Gasteiger partial charge in [-0.2, -0.15) is 0 Å². The Morgan fingerprint density at radius 3 is 2.57 bits per heavy atom. The third-order valence-electron chi connectivity index (χ3n) is 3.15. The van der Waals surface area contributed by atoms with E-state index in [1.807, 2.05) is 30.3 Å². The Morgan fingerprint density at radius 2 is 1.83 bits per heavy atom. The van der Waals surface area contributed by atoms with Crippen LogP contribution in [0.25, 0.3) is 11.3 Å². The normalized spacial score (nSPS) is 10.3. The molecular weight excluding hydrogens is 360 g/mol. The van der Waals surface area contributed by atoms with E-state index in [2.05, 4.69) is 31.2 Å². The van der Waals surface area contributed by atoms with Crippen LogP contribution in [0.1, 0.15) is 0 Å². The molecule has 1 N–H and O–H groups in total. The second kappa shape index (κ2) is 6.53. The van der Waals surface area contributed by atoms with Gasteiger partial charge in [-0.25, -0.2) is 9.97 Å². The highest BCUT2D eigenvalue weighted by molar-refractivity contribution is 9.10. The van der Waals surface area contributed by atoms with Gasteiger partial charge in [0.2, 0.25) is 0 Å². The summed E-state index contributed by atoms with van der Waals surface area (Å²) in [5, 5.41) is 14.0. The number of halogens is 1. The molecule has 114 valence electrons. The lowest BCUT2D eigenvalue weighted by Crippen LogP contribution is -1.97. The predicted molar refractivity (Wildman–Crippen MR) is 91.5 cm³/mol. The van der Waals surface area contributed by atoms with Crippen molar-refractivity contribution in [2.24, 2.45) is 0 Å². The summed E-state index contributed by atoms with van der Waals surface area (Å²) >= 11 is 3.16. The molecule has 1 aromatic heterocycles. The number of rotatable bonds is 4. The Kier molecular flexibility index (Phi) is 4.29. The van der Waals surface area contributed by atoms with Crippen LogP contribution >= 0.6 is 15.9 Å². The highest BCUT2D eigenvalue weighted by atomic mass is 79.9. The van der Waals surface area contributed by atoms with Crippen molar-refractivity contribution in [3.63, 3.8) is 0 Å². The molecule has 0 atom stereocenters. The zero-order valence-electron chi connectivity index (χ0n) is 11.8. The Balaban J connectivity index is 1.89. The van der Waals surface area contributed by atoms with Crippen LogP contribution in [0.15, 0.2) is 65.4 Å². The number of benzene rings is 2. The molecule has 0 spiro atoms. The first-order valence-corrected chi connectivity index (χ1v) is 7.51. The van der Waals surface area contributed by atoms with Gasteiger partial charge in [0.25, 0.3) is 5.69 Å². The first-order chi connectivity index (χ1) is 11.1. The van der Waals surface area contributed by atoms with Crippen LogP contribution in [-0.4, -0.2) is 14.9 Å². The zero-order valence-corrected chi connectivity index (χ0v) is 13.4. The largest absolute Gasteiger partial charge is 0.340 e. The number of hydrogen-bond donors (Lipinski definition) is 1. The maximum absolute atomic E-state index is 11.0. The maximum atomic E-state index is 11.0. The summed E-state index contributed by atoms with van der Waals surface area (Å²) in [6, 6.07) is 16.3. The summed E-state index contributed by atoms with van der Waals surface area (Å²) in [5.41, 5.74) is 2.32. The molecule has 0 radical (unpaired) electrons. The van der Waals surface area contributed by atoms with Gasteiger partial charge in [0.05, 0.1) is 15.1 Å². The Morgan fingerprint density at radius 1 is 1.04 bits per heavy atom. The highest BCUT2D eigenvalue weighted by Gasteiger charge is 2.12. The first-order valence-electron chi connectivity index (χ1n) is 6.72. The van der Waals surface area contributed by atoms with Crippen molar-refractivity contribution in [1.82, 2.24) is 9.97 Å². The number of nitrogens with one attached hydrogen (secondary N) is 1. The smallest absolute Gasteiger partial charge is 0.285 e. The van der Waals surface area contributed by atoms with Crippen molar-refractivity contribution >= 4 is 33.1 Å². The fraction of sp³-hybridized carbons (Fsp3) is 0. The van der Waals surface area contributed by atoms with Crippen molar-refractivity contribution < 1.29 is 4.92 Å². The predicted octanol–water partition coefficient (Wildman–Crippen LogP) is 4.56. The van der Waals surface area contributed by atoms with Crippen LogP contribution in [0, 0.1) is 10.1 Å². The molecular formula is C16H11BrN4O2. The summed E-state index contributed by atoms with van der Waals surface area (Å²) in [6.07, 6.45) is 1.46. The minimum Gasteiger partial charge on any atom is -0.340 e. The molecule has 0 saturated heterocycles. The fourth-order valence-electron chi connectivity index (χ4n) is 2.07. The zero-order chi connectivity index (χ0) is 16.2. The van der Waals surface area contributed by atoms with E-state index in [1.165, 1.54) is 12.4 Å². The van der Waals surface area contributed by atoms with Crippen molar-refractivity contribution in [2.75, 3.05) is 5.32 Å². The molecule has 0 aliphatic heterocycles. The number of nitro benzene ring substituents is 1. The summed E-state index contributed by atoms with van der Waals surface area (Å²) < 4.78 is 0.431. The minimum atomic E-state index is -0.440. The summed E-state index contributed by atoms with van der Waals surface area (Å²) in [5.74, 6) is 0.565. The average Bonchev–Trinajstić information content (AvgIpc) is 2.57. The molecule has 0 bridgehead atoms. The third kappa shape index (κ3) is 3.51. The first kappa shape index (κ1) is 15.1. The third-order valence-corrected chi connectivity index (χ3v) is 3.82. The Bertz CT molecular complexity index is 856. The van der Waals surface area contributed by atoms with Crippen LogP contribution in [0.3, 0.4) is 0 Å². The van der Waals surface area contributed by atoms with Gasteiger partial charge in [-0.05, 0) is 28.1 Å². The molecule has 0 fully saturated rings. The molecule has 23 heavy (non-hydrogen) atoms. The van der Waals surface area contributed by atoms with E-state index in [9.17, 15) is 10.1 Å². The lowest BCUT2D eigenvalue weighted by atomic mass is 10.1. The van der Waals surface area contributed by atoms with Crippen LogP contribution in [0.5, 0.6) is 0 Å². The van der Waals surface area contributed by atoms with Gasteiger partial charge < -0.3 is 5.32 Å². The van der Waals surface area contributed by atoms with Crippen molar-refractivity contribution in [1.29, 1.82) is 0 Å². The fourth-order valence-corrected chi connectivity index (χ4v) is 2.46. The van der Waals surface area contributed by atoms with Gasteiger partial charge in [0.15, 0.2) is 0 Å². The highest BCUT2D eigenvalue weighted by Crippen LogP contribution is 2.29. The van der Waals surface area contributed by atoms with Crippen molar-refractivity contribution in [3.05, 3.63) is 75.5 Å². The topological polar surface area (TPSA) is 81.0 Å². The lowest BCUT2D eigenvalue weighted by molar-refractivity contribution is -0.385. The van der Waals surface area contributed by atoms with E-state index in [4.69, 9.17) is 0 Å². The van der Waals surface area contributed by atoms with E-state index < -0.39 is 4.92 Å². The van der Waals surface area contributed by atoms with E-state index >= 15 is 0 Å². The van der Waals surface area contributed by atoms with E-state index in [0.717, 1.165) is 11.3 Å². The monoisotopic (exact) mass is 370 g/mol. The van der Waals surface area contributed by atoms with Gasteiger partial charge in [-0.1, -0.05) is 30.3 Å². The molecule has 0 amide bonds. The second-order valence-corrected chi connectivity index (χ2v) is 5.56. The number of nitro groups is 1. The molecule has 0 saturated carbocycles. The summed E-state index contributed by atoms with van der Waals surface area (Å²) in [4.78, 5) is 18.9. The molecule has 7 heteroatoms. The number of aromatic nitrogens is 2. The summed E-state index contributed by atoms with van der Waals surface area (Å²) in [7, 11) is 0. The standard InChI is InChI=1S/C16H11BrN4O2/c17-13-7-6-12(8-15(13)21(22)23)20-16-9-14(18-10-19-16)11-4-2-1-3-5-11/h1-10H,(H,18,19,20). The van der Waals surface area contributed by atoms with E-state index in [0.29, 0.717) is 16.0 Å². The molecule has 3 rings (SSSR count). The van der Waals surface area contributed by atoms with Crippen LogP contribution in [0.4, 0.5) is 17.2 Å². The molecule has 3 aromatic rings. The molecule has 2 aromatic carbocycles. The van der Waals surface area contributed by atoms with E-state index in [1.54, 1.807) is 18.2 Å². The average molecular weight is 371 g/mol. The molecule has 1 heterocycles. The van der Waals surface area contributed by atoms with Gasteiger partial charge in [0, 0.05) is 23.4 Å². The number of nitrogens with zero attached hydrogens (tertiary/aromatic N) is 3. The number of anilines is 2. The van der Waals surface area contributed by atoms with Crippen molar-refractivity contribution in [3.8, 4) is 11.3 Å². The summed E-state index contributed by atoms with van der Waals surface area (Å²) in [6.45, 7) is 0. The number of hydrogen-bond acceptors (Lipinski definition) is 5. The van der Waals surface area contributed by atoms with Gasteiger partial charge >= 0.3 is 0 Å². The molecule has 0 unspecified atom stereocenters. The van der Waals surface area contributed by atoms with Gasteiger partial charge in [-0.15, -0.1) is 0 Å². The Hall–Kier alpha value is -2.80.